The Labute approximate surface area is 120 Å². The summed E-state index contributed by atoms with van der Waals surface area (Å²) in [6.45, 7) is 5.04. The molecule has 0 saturated heterocycles. The minimum atomic E-state index is -1.34. The number of carboxylic acids is 1. The van der Waals surface area contributed by atoms with Gasteiger partial charge in [0.15, 0.2) is 0 Å². The first-order valence-corrected chi connectivity index (χ1v) is 6.19. The molecule has 4 nitrogen and oxygen atoms in total. The van der Waals surface area contributed by atoms with Crippen molar-refractivity contribution >= 4 is 11.9 Å². The summed E-state index contributed by atoms with van der Waals surface area (Å²) < 4.78 is 39.8. The number of carbonyl (C=O) groups is 2. The van der Waals surface area contributed by atoms with Crippen molar-refractivity contribution in [1.82, 2.24) is 5.32 Å². The van der Waals surface area contributed by atoms with Crippen molar-refractivity contribution in [3.05, 3.63) is 35.1 Å². The summed E-state index contributed by atoms with van der Waals surface area (Å²) in [6, 6.07) is -0.0610. The summed E-state index contributed by atoms with van der Waals surface area (Å²) in [5, 5.41) is 11.1. The van der Waals surface area contributed by atoms with Crippen molar-refractivity contribution in [2.24, 2.45) is 5.41 Å². The molecule has 0 heterocycles. The Morgan fingerprint density at radius 3 is 2.05 bits per heavy atom. The predicted octanol–water partition coefficient (Wildman–Crippen LogP) is 2.72. The van der Waals surface area contributed by atoms with Gasteiger partial charge in [-0.3, -0.25) is 9.59 Å². The maximum atomic E-state index is 13.5. The van der Waals surface area contributed by atoms with E-state index in [1.165, 1.54) is 0 Å². The molecule has 116 valence electrons. The monoisotopic (exact) mass is 303 g/mol. The molecule has 1 rings (SSSR count). The van der Waals surface area contributed by atoms with Gasteiger partial charge < -0.3 is 10.4 Å². The zero-order chi connectivity index (χ0) is 16.4. The predicted molar refractivity (Wildman–Crippen MR) is 69.3 cm³/mol. The van der Waals surface area contributed by atoms with Gasteiger partial charge in [0.05, 0.1) is 6.42 Å². The number of rotatable bonds is 4. The second-order valence-corrected chi connectivity index (χ2v) is 5.73. The van der Waals surface area contributed by atoms with Gasteiger partial charge in [-0.25, -0.2) is 13.2 Å². The molecule has 7 heteroatoms. The van der Waals surface area contributed by atoms with Crippen molar-refractivity contribution < 1.29 is 27.9 Å². The van der Waals surface area contributed by atoms with E-state index < -0.39 is 52.8 Å². The van der Waals surface area contributed by atoms with Crippen molar-refractivity contribution in [2.45, 2.75) is 33.2 Å². The van der Waals surface area contributed by atoms with Gasteiger partial charge in [-0.2, -0.15) is 0 Å². The van der Waals surface area contributed by atoms with Crippen LogP contribution in [-0.2, 0) is 4.79 Å². The number of amides is 1. The van der Waals surface area contributed by atoms with E-state index >= 15 is 0 Å². The Kier molecular flexibility index (Phi) is 4.98. The molecular weight excluding hydrogens is 287 g/mol. The largest absolute Gasteiger partial charge is 0.481 e. The Hall–Kier alpha value is -2.05. The molecular formula is C14H16F3NO3. The average Bonchev–Trinajstić information content (AvgIpc) is 2.24. The quantitative estimate of drug-likeness (QED) is 0.899. The topological polar surface area (TPSA) is 66.4 Å². The van der Waals surface area contributed by atoms with Gasteiger partial charge in [-0.15, -0.1) is 0 Å². The van der Waals surface area contributed by atoms with E-state index in [1.807, 2.05) is 0 Å². The molecule has 0 radical (unpaired) electrons. The molecule has 0 aliphatic carbocycles. The molecule has 0 aromatic heterocycles. The first-order chi connectivity index (χ1) is 9.52. The molecule has 1 aromatic carbocycles. The number of carboxylic acid groups (broad SMARTS) is 1. The van der Waals surface area contributed by atoms with Crippen LogP contribution in [-0.4, -0.2) is 23.0 Å². The van der Waals surface area contributed by atoms with E-state index in [9.17, 15) is 22.8 Å². The standard InChI is InChI=1S/C14H16F3NO3/c1-14(2,3)10(6-11(19)20)18-13(21)12-8(16)4-7(15)5-9(12)17/h4-5,10H,6H2,1-3H3,(H,18,21)(H,19,20). The van der Waals surface area contributed by atoms with Crippen LogP contribution in [0.2, 0.25) is 0 Å². The summed E-state index contributed by atoms with van der Waals surface area (Å²) in [5.74, 6) is -6.10. The van der Waals surface area contributed by atoms with E-state index in [1.54, 1.807) is 20.8 Å². The molecule has 1 unspecified atom stereocenters. The van der Waals surface area contributed by atoms with Crippen LogP contribution in [0.25, 0.3) is 0 Å². The highest BCUT2D eigenvalue weighted by molar-refractivity contribution is 5.95. The first kappa shape index (κ1) is 17.0. The van der Waals surface area contributed by atoms with Gasteiger partial charge in [0.25, 0.3) is 5.91 Å². The van der Waals surface area contributed by atoms with E-state index in [-0.39, 0.29) is 0 Å². The molecule has 21 heavy (non-hydrogen) atoms. The first-order valence-electron chi connectivity index (χ1n) is 6.19. The molecule has 0 spiro atoms. The van der Waals surface area contributed by atoms with Crippen molar-refractivity contribution in [3.8, 4) is 0 Å². The molecule has 0 aliphatic heterocycles. The number of carbonyl (C=O) groups excluding carboxylic acids is 1. The third-order valence-electron chi connectivity index (χ3n) is 2.96. The van der Waals surface area contributed by atoms with Crippen LogP contribution in [0.4, 0.5) is 13.2 Å². The number of hydrogen-bond acceptors (Lipinski definition) is 2. The molecule has 0 aliphatic rings. The number of aliphatic carboxylic acids is 1. The highest BCUT2D eigenvalue weighted by Gasteiger charge is 2.30. The van der Waals surface area contributed by atoms with Gasteiger partial charge in [-0.1, -0.05) is 20.8 Å². The lowest BCUT2D eigenvalue weighted by Crippen LogP contribution is -2.45. The highest BCUT2D eigenvalue weighted by atomic mass is 19.1. The summed E-state index contributed by atoms with van der Waals surface area (Å²) >= 11 is 0. The third kappa shape index (κ3) is 4.47. The lowest BCUT2D eigenvalue weighted by Gasteiger charge is -2.30. The second kappa shape index (κ2) is 6.15. The lowest BCUT2D eigenvalue weighted by atomic mass is 9.84. The Balaban J connectivity index is 3.06. The molecule has 2 N–H and O–H groups in total. The SMILES string of the molecule is CC(C)(C)C(CC(=O)O)NC(=O)c1c(F)cc(F)cc1F. The van der Waals surface area contributed by atoms with E-state index in [4.69, 9.17) is 5.11 Å². The zero-order valence-corrected chi connectivity index (χ0v) is 11.8. The van der Waals surface area contributed by atoms with E-state index in [0.717, 1.165) is 0 Å². The van der Waals surface area contributed by atoms with Gasteiger partial charge in [0, 0.05) is 18.2 Å². The Morgan fingerprint density at radius 1 is 1.19 bits per heavy atom. The highest BCUT2D eigenvalue weighted by Crippen LogP contribution is 2.23. The smallest absolute Gasteiger partial charge is 0.305 e. The van der Waals surface area contributed by atoms with Gasteiger partial charge in [0.2, 0.25) is 0 Å². The summed E-state index contributed by atoms with van der Waals surface area (Å²) in [5.41, 5.74) is -1.57. The van der Waals surface area contributed by atoms with Crippen LogP contribution in [0.5, 0.6) is 0 Å². The molecule has 1 amide bonds. The number of benzene rings is 1. The lowest BCUT2D eigenvalue weighted by molar-refractivity contribution is -0.138. The van der Waals surface area contributed by atoms with Crippen molar-refractivity contribution in [1.29, 1.82) is 0 Å². The molecule has 0 bridgehead atoms. The molecule has 0 saturated carbocycles. The molecule has 1 aromatic rings. The summed E-state index contributed by atoms with van der Waals surface area (Å²) in [4.78, 5) is 22.7. The number of hydrogen-bond donors (Lipinski definition) is 2. The van der Waals surface area contributed by atoms with E-state index in [2.05, 4.69) is 5.32 Å². The van der Waals surface area contributed by atoms with Crippen molar-refractivity contribution in [2.75, 3.05) is 0 Å². The van der Waals surface area contributed by atoms with Gasteiger partial charge in [0.1, 0.15) is 23.0 Å². The van der Waals surface area contributed by atoms with Crippen LogP contribution in [0.15, 0.2) is 12.1 Å². The maximum absolute atomic E-state index is 13.5. The third-order valence-corrected chi connectivity index (χ3v) is 2.96. The minimum Gasteiger partial charge on any atom is -0.481 e. The fourth-order valence-corrected chi connectivity index (χ4v) is 1.74. The second-order valence-electron chi connectivity index (χ2n) is 5.73. The Bertz CT molecular complexity index is 544. The van der Waals surface area contributed by atoms with Crippen LogP contribution in [0.1, 0.15) is 37.6 Å². The van der Waals surface area contributed by atoms with Crippen LogP contribution >= 0.6 is 0 Å². The minimum absolute atomic E-state index is 0.390. The fraction of sp³-hybridized carbons (Fsp3) is 0.429. The summed E-state index contributed by atoms with van der Waals surface area (Å²) in [6.07, 6.45) is -0.403. The summed E-state index contributed by atoms with van der Waals surface area (Å²) in [7, 11) is 0. The molecule has 0 fully saturated rings. The van der Waals surface area contributed by atoms with Gasteiger partial charge >= 0.3 is 5.97 Å². The normalized spacial score (nSPS) is 12.9. The Morgan fingerprint density at radius 2 is 1.67 bits per heavy atom. The maximum Gasteiger partial charge on any atom is 0.305 e. The van der Waals surface area contributed by atoms with Crippen LogP contribution in [0, 0.1) is 22.9 Å². The van der Waals surface area contributed by atoms with Crippen molar-refractivity contribution in [3.63, 3.8) is 0 Å². The number of halogens is 3. The number of nitrogens with one attached hydrogen (secondary N) is 1. The van der Waals surface area contributed by atoms with Crippen LogP contribution in [0.3, 0.4) is 0 Å². The van der Waals surface area contributed by atoms with Crippen LogP contribution < -0.4 is 5.32 Å². The fourth-order valence-electron chi connectivity index (χ4n) is 1.74. The van der Waals surface area contributed by atoms with E-state index in [0.29, 0.717) is 12.1 Å². The van der Waals surface area contributed by atoms with Gasteiger partial charge in [-0.05, 0) is 5.41 Å². The average molecular weight is 303 g/mol. The zero-order valence-electron chi connectivity index (χ0n) is 11.8. The molecule has 1 atom stereocenters.